The second-order valence-corrected chi connectivity index (χ2v) is 9.45. The van der Waals surface area contributed by atoms with Crippen molar-refractivity contribution in [1.82, 2.24) is 20.2 Å². The Bertz CT molecular complexity index is 1370. The van der Waals surface area contributed by atoms with Gasteiger partial charge >= 0.3 is 0 Å². The van der Waals surface area contributed by atoms with Gasteiger partial charge in [-0.25, -0.2) is 23.5 Å². The highest BCUT2D eigenvalue weighted by atomic mass is 32.2. The first-order valence-corrected chi connectivity index (χ1v) is 11.5. The lowest BCUT2D eigenvalue weighted by molar-refractivity contribution is 0.597. The first-order valence-electron chi connectivity index (χ1n) is 9.12. The fourth-order valence-corrected chi connectivity index (χ4v) is 4.98. The fourth-order valence-electron chi connectivity index (χ4n) is 3.25. The topological polar surface area (TPSA) is 112 Å². The van der Waals surface area contributed by atoms with Crippen LogP contribution in [0.4, 0.5) is 0 Å². The standard InChI is InChI=1S/C21H19N5O2S2/c1-12-8-9-15(11-18(12)30(22,27)28)19-16-6-4-5-7-17(16)20(26-25-19)29-21-23-13(2)10-14(3)24-21/h4-11H,1-3H3,(H2,22,27,28). The molecule has 7 nitrogen and oxygen atoms in total. The number of primary sulfonamides is 1. The molecule has 2 aromatic carbocycles. The van der Waals surface area contributed by atoms with Crippen LogP contribution in [0, 0.1) is 20.8 Å². The highest BCUT2D eigenvalue weighted by Gasteiger charge is 2.17. The van der Waals surface area contributed by atoms with Crippen molar-refractivity contribution < 1.29 is 8.42 Å². The molecule has 0 radical (unpaired) electrons. The number of hydrogen-bond acceptors (Lipinski definition) is 7. The minimum atomic E-state index is -3.84. The summed E-state index contributed by atoms with van der Waals surface area (Å²) in [7, 11) is -3.84. The van der Waals surface area contributed by atoms with Crippen molar-refractivity contribution in [3.05, 3.63) is 65.5 Å². The molecule has 0 atom stereocenters. The van der Waals surface area contributed by atoms with Gasteiger partial charge in [-0.3, -0.25) is 0 Å². The molecule has 0 amide bonds. The summed E-state index contributed by atoms with van der Waals surface area (Å²) in [6.07, 6.45) is 0. The van der Waals surface area contributed by atoms with Crippen LogP contribution < -0.4 is 5.14 Å². The van der Waals surface area contributed by atoms with Gasteiger partial charge in [-0.2, -0.15) is 0 Å². The Hall–Kier alpha value is -2.88. The van der Waals surface area contributed by atoms with Crippen LogP contribution in [0.3, 0.4) is 0 Å². The molecule has 0 bridgehead atoms. The normalized spacial score (nSPS) is 11.7. The number of nitrogens with zero attached hydrogens (tertiary/aromatic N) is 4. The second kappa shape index (κ2) is 7.75. The molecule has 2 heterocycles. The quantitative estimate of drug-likeness (QED) is 0.483. The zero-order valence-corrected chi connectivity index (χ0v) is 18.3. The van der Waals surface area contributed by atoms with Crippen LogP contribution in [0.1, 0.15) is 17.0 Å². The smallest absolute Gasteiger partial charge is 0.228 e. The van der Waals surface area contributed by atoms with E-state index in [4.69, 9.17) is 5.14 Å². The number of sulfonamides is 1. The molecule has 0 saturated carbocycles. The Labute approximate surface area is 178 Å². The maximum Gasteiger partial charge on any atom is 0.238 e. The number of hydrogen-bond donors (Lipinski definition) is 1. The van der Waals surface area contributed by atoms with Crippen molar-refractivity contribution in [3.8, 4) is 11.3 Å². The summed E-state index contributed by atoms with van der Waals surface area (Å²) >= 11 is 1.35. The lowest BCUT2D eigenvalue weighted by Crippen LogP contribution is -2.13. The Balaban J connectivity index is 1.86. The molecule has 30 heavy (non-hydrogen) atoms. The van der Waals surface area contributed by atoms with Crippen molar-refractivity contribution >= 4 is 32.6 Å². The summed E-state index contributed by atoms with van der Waals surface area (Å²) in [5.41, 5.74) is 3.56. The molecular weight excluding hydrogens is 418 g/mol. The van der Waals surface area contributed by atoms with Crippen molar-refractivity contribution in [2.24, 2.45) is 5.14 Å². The van der Waals surface area contributed by atoms with Gasteiger partial charge in [0.15, 0.2) is 5.16 Å². The molecule has 152 valence electrons. The molecule has 2 aromatic heterocycles. The van der Waals surface area contributed by atoms with Crippen molar-refractivity contribution in [3.63, 3.8) is 0 Å². The van der Waals surface area contributed by atoms with E-state index in [9.17, 15) is 8.42 Å². The van der Waals surface area contributed by atoms with E-state index < -0.39 is 10.0 Å². The van der Waals surface area contributed by atoms with E-state index in [2.05, 4.69) is 20.2 Å². The minimum Gasteiger partial charge on any atom is -0.228 e. The van der Waals surface area contributed by atoms with Gasteiger partial charge in [0.1, 0.15) is 10.7 Å². The molecule has 9 heteroatoms. The predicted molar refractivity (Wildman–Crippen MR) is 117 cm³/mol. The lowest BCUT2D eigenvalue weighted by Gasteiger charge is -2.11. The van der Waals surface area contributed by atoms with E-state index in [0.29, 0.717) is 27.0 Å². The Morgan fingerprint density at radius 2 is 1.53 bits per heavy atom. The maximum atomic E-state index is 11.9. The molecule has 4 rings (SSSR count). The van der Waals surface area contributed by atoms with Crippen LogP contribution in [0.5, 0.6) is 0 Å². The lowest BCUT2D eigenvalue weighted by atomic mass is 10.0. The molecule has 2 N–H and O–H groups in total. The number of aryl methyl sites for hydroxylation is 3. The maximum absolute atomic E-state index is 11.9. The summed E-state index contributed by atoms with van der Waals surface area (Å²) in [6.45, 7) is 5.55. The Morgan fingerprint density at radius 3 is 2.20 bits per heavy atom. The third kappa shape index (κ3) is 4.04. The number of fused-ring (bicyclic) bond motifs is 1. The summed E-state index contributed by atoms with van der Waals surface area (Å²) < 4.78 is 23.9. The van der Waals surface area contributed by atoms with Gasteiger partial charge in [-0.05, 0) is 50.2 Å². The first-order chi connectivity index (χ1) is 14.2. The molecule has 4 aromatic rings. The highest BCUT2D eigenvalue weighted by Crippen LogP contribution is 2.34. The van der Waals surface area contributed by atoms with Crippen LogP contribution in [-0.2, 0) is 10.0 Å². The number of benzene rings is 2. The van der Waals surface area contributed by atoms with E-state index in [1.807, 2.05) is 50.2 Å². The SMILES string of the molecule is Cc1cc(C)nc(Sc2nnc(-c3ccc(C)c(S(N)(=O)=O)c3)c3ccccc23)n1. The van der Waals surface area contributed by atoms with Crippen LogP contribution in [0.15, 0.2) is 63.6 Å². The van der Waals surface area contributed by atoms with Crippen LogP contribution in [0.25, 0.3) is 22.0 Å². The van der Waals surface area contributed by atoms with Gasteiger partial charge in [0.05, 0.1) is 4.90 Å². The van der Waals surface area contributed by atoms with E-state index in [-0.39, 0.29) is 4.90 Å². The Morgan fingerprint density at radius 1 is 0.867 bits per heavy atom. The van der Waals surface area contributed by atoms with E-state index in [0.717, 1.165) is 22.2 Å². The largest absolute Gasteiger partial charge is 0.238 e. The van der Waals surface area contributed by atoms with E-state index >= 15 is 0 Å². The van der Waals surface area contributed by atoms with Gasteiger partial charge in [-0.15, -0.1) is 10.2 Å². The van der Waals surface area contributed by atoms with Crippen molar-refractivity contribution in [2.75, 3.05) is 0 Å². The average molecular weight is 438 g/mol. The molecule has 0 spiro atoms. The number of nitrogens with two attached hydrogens (primary N) is 1. The van der Waals surface area contributed by atoms with Crippen molar-refractivity contribution in [1.29, 1.82) is 0 Å². The molecule has 0 fully saturated rings. The van der Waals surface area contributed by atoms with Gasteiger partial charge in [0.2, 0.25) is 10.0 Å². The van der Waals surface area contributed by atoms with E-state index in [1.165, 1.54) is 11.8 Å². The third-order valence-electron chi connectivity index (χ3n) is 4.57. The Kier molecular flexibility index (Phi) is 5.27. The second-order valence-electron chi connectivity index (χ2n) is 6.96. The van der Waals surface area contributed by atoms with E-state index in [1.54, 1.807) is 19.1 Å². The van der Waals surface area contributed by atoms with Crippen LogP contribution >= 0.6 is 11.8 Å². The van der Waals surface area contributed by atoms with Gasteiger partial charge in [-0.1, -0.05) is 36.4 Å². The van der Waals surface area contributed by atoms with Gasteiger partial charge in [0.25, 0.3) is 0 Å². The zero-order valence-electron chi connectivity index (χ0n) is 16.6. The minimum absolute atomic E-state index is 0.0768. The molecular formula is C21H19N5O2S2. The third-order valence-corrected chi connectivity index (χ3v) is 6.48. The monoisotopic (exact) mass is 437 g/mol. The molecule has 0 aliphatic rings. The molecule has 0 aliphatic heterocycles. The summed E-state index contributed by atoms with van der Waals surface area (Å²) in [6, 6.07) is 14.7. The van der Waals surface area contributed by atoms with Gasteiger partial charge < -0.3 is 0 Å². The first kappa shape index (κ1) is 20.4. The number of aromatic nitrogens is 4. The molecule has 0 saturated heterocycles. The average Bonchev–Trinajstić information content (AvgIpc) is 2.67. The van der Waals surface area contributed by atoms with Crippen LogP contribution in [0.2, 0.25) is 0 Å². The van der Waals surface area contributed by atoms with Gasteiger partial charge in [0, 0.05) is 27.7 Å². The van der Waals surface area contributed by atoms with Crippen molar-refractivity contribution in [2.45, 2.75) is 35.8 Å². The number of rotatable bonds is 4. The zero-order chi connectivity index (χ0) is 21.5. The summed E-state index contributed by atoms with van der Waals surface area (Å²) in [5.74, 6) is 0. The summed E-state index contributed by atoms with van der Waals surface area (Å²) in [4.78, 5) is 9.01. The predicted octanol–water partition coefficient (Wildman–Crippen LogP) is 3.81. The molecule has 0 aliphatic carbocycles. The van der Waals surface area contributed by atoms with Crippen LogP contribution in [-0.4, -0.2) is 28.6 Å². The fraction of sp³-hybridized carbons (Fsp3) is 0.143. The highest BCUT2D eigenvalue weighted by molar-refractivity contribution is 7.99. The molecule has 0 unspecified atom stereocenters. The summed E-state index contributed by atoms with van der Waals surface area (Å²) in [5, 5.41) is 17.2.